The van der Waals surface area contributed by atoms with Gasteiger partial charge >= 0.3 is 0 Å². The van der Waals surface area contributed by atoms with Crippen LogP contribution in [0.4, 0.5) is 5.69 Å². The molecule has 3 aromatic rings. The van der Waals surface area contributed by atoms with E-state index < -0.39 is 0 Å². The highest BCUT2D eigenvalue weighted by molar-refractivity contribution is 6.37. The molecule has 0 saturated carbocycles. The zero-order valence-electron chi connectivity index (χ0n) is 10.8. The zero-order valence-corrected chi connectivity index (χ0v) is 12.4. The van der Waals surface area contributed by atoms with E-state index in [1.165, 1.54) is 0 Å². The van der Waals surface area contributed by atoms with Crippen LogP contribution in [0.1, 0.15) is 5.82 Å². The second-order valence-electron chi connectivity index (χ2n) is 4.23. The lowest BCUT2D eigenvalue weighted by atomic mass is 10.2. The monoisotopic (exact) mass is 321 g/mol. The molecule has 3 rings (SSSR count). The van der Waals surface area contributed by atoms with Gasteiger partial charge in [-0.1, -0.05) is 28.4 Å². The molecule has 0 radical (unpaired) electrons. The predicted octanol–water partition coefficient (Wildman–Crippen LogP) is 3.39. The molecule has 6 nitrogen and oxygen atoms in total. The van der Waals surface area contributed by atoms with E-state index in [0.717, 1.165) is 0 Å². The van der Waals surface area contributed by atoms with Gasteiger partial charge in [0.1, 0.15) is 11.5 Å². The second kappa shape index (κ2) is 5.31. The molecule has 0 aliphatic carbocycles. The van der Waals surface area contributed by atoms with E-state index in [0.29, 0.717) is 38.6 Å². The van der Waals surface area contributed by atoms with E-state index in [1.807, 2.05) is 0 Å². The standard InChI is InChI=1S/C13H9Cl2N5O/c1-6-17-5-4-9(18-6)12-19-13(21-20-12)10-7(14)2-3-8(15)11(10)16/h2-5H,16H2,1H3. The van der Waals surface area contributed by atoms with Gasteiger partial charge in [0, 0.05) is 6.20 Å². The number of aryl methyl sites for hydroxylation is 1. The number of rotatable bonds is 2. The Morgan fingerprint density at radius 1 is 1.10 bits per heavy atom. The quantitative estimate of drug-likeness (QED) is 0.727. The van der Waals surface area contributed by atoms with Gasteiger partial charge in [-0.15, -0.1) is 0 Å². The fourth-order valence-corrected chi connectivity index (χ4v) is 2.20. The van der Waals surface area contributed by atoms with Crippen LogP contribution < -0.4 is 5.73 Å². The lowest BCUT2D eigenvalue weighted by molar-refractivity contribution is 0.432. The lowest BCUT2D eigenvalue weighted by Crippen LogP contribution is -1.93. The molecule has 0 amide bonds. The van der Waals surface area contributed by atoms with Crippen molar-refractivity contribution in [1.29, 1.82) is 0 Å². The molecule has 0 aliphatic rings. The van der Waals surface area contributed by atoms with Crippen molar-refractivity contribution in [3.8, 4) is 23.0 Å². The first-order chi connectivity index (χ1) is 10.1. The largest absolute Gasteiger partial charge is 0.397 e. The van der Waals surface area contributed by atoms with Crippen molar-refractivity contribution in [2.45, 2.75) is 6.92 Å². The molecule has 2 aromatic heterocycles. The molecule has 0 spiro atoms. The summed E-state index contributed by atoms with van der Waals surface area (Å²) in [4.78, 5) is 12.5. The third-order valence-corrected chi connectivity index (χ3v) is 3.43. The van der Waals surface area contributed by atoms with Crippen molar-refractivity contribution in [3.05, 3.63) is 40.3 Å². The number of nitrogens with two attached hydrogens (primary N) is 1. The summed E-state index contributed by atoms with van der Waals surface area (Å²) in [6.07, 6.45) is 1.62. The Morgan fingerprint density at radius 3 is 2.62 bits per heavy atom. The van der Waals surface area contributed by atoms with Gasteiger partial charge < -0.3 is 10.3 Å². The molecule has 8 heteroatoms. The number of nitrogen functional groups attached to an aromatic ring is 1. The van der Waals surface area contributed by atoms with Gasteiger partial charge in [-0.05, 0) is 25.1 Å². The van der Waals surface area contributed by atoms with Gasteiger partial charge in [-0.25, -0.2) is 9.97 Å². The minimum Gasteiger partial charge on any atom is -0.397 e. The molecule has 0 saturated heterocycles. The normalized spacial score (nSPS) is 10.8. The van der Waals surface area contributed by atoms with Crippen LogP contribution in [-0.4, -0.2) is 20.1 Å². The van der Waals surface area contributed by atoms with Gasteiger partial charge in [-0.3, -0.25) is 0 Å². The van der Waals surface area contributed by atoms with Crippen LogP contribution >= 0.6 is 23.2 Å². The molecular formula is C13H9Cl2N5O. The molecule has 0 bridgehead atoms. The van der Waals surface area contributed by atoms with Crippen molar-refractivity contribution in [1.82, 2.24) is 20.1 Å². The van der Waals surface area contributed by atoms with Crippen LogP contribution in [0, 0.1) is 6.92 Å². The molecular weight excluding hydrogens is 313 g/mol. The molecule has 1 aromatic carbocycles. The maximum atomic E-state index is 6.12. The molecule has 0 aliphatic heterocycles. The third kappa shape index (κ3) is 2.55. The highest BCUT2D eigenvalue weighted by Crippen LogP contribution is 2.37. The summed E-state index contributed by atoms with van der Waals surface area (Å²) < 4.78 is 5.22. The van der Waals surface area contributed by atoms with E-state index in [9.17, 15) is 0 Å². The van der Waals surface area contributed by atoms with Crippen molar-refractivity contribution in [2.75, 3.05) is 5.73 Å². The predicted molar refractivity (Wildman–Crippen MR) is 79.9 cm³/mol. The van der Waals surface area contributed by atoms with Crippen molar-refractivity contribution in [3.63, 3.8) is 0 Å². The van der Waals surface area contributed by atoms with E-state index in [2.05, 4.69) is 20.1 Å². The zero-order chi connectivity index (χ0) is 15.0. The third-order valence-electron chi connectivity index (χ3n) is 2.79. The number of benzene rings is 1. The Morgan fingerprint density at radius 2 is 1.86 bits per heavy atom. The Bertz CT molecular complexity index is 818. The smallest absolute Gasteiger partial charge is 0.261 e. The first-order valence-corrected chi connectivity index (χ1v) is 6.69. The van der Waals surface area contributed by atoms with Crippen LogP contribution in [0.5, 0.6) is 0 Å². The first kappa shape index (κ1) is 13.8. The average Bonchev–Trinajstić information content (AvgIpc) is 2.93. The number of nitrogens with zero attached hydrogens (tertiary/aromatic N) is 4. The van der Waals surface area contributed by atoms with Crippen LogP contribution in [0.3, 0.4) is 0 Å². The van der Waals surface area contributed by atoms with E-state index in [1.54, 1.807) is 31.3 Å². The Kier molecular flexibility index (Phi) is 3.48. The molecule has 2 N–H and O–H groups in total. The first-order valence-electron chi connectivity index (χ1n) is 5.94. The average molecular weight is 322 g/mol. The number of hydrogen-bond donors (Lipinski definition) is 1. The second-order valence-corrected chi connectivity index (χ2v) is 5.04. The molecule has 0 unspecified atom stereocenters. The van der Waals surface area contributed by atoms with Crippen molar-refractivity contribution < 1.29 is 4.52 Å². The molecule has 21 heavy (non-hydrogen) atoms. The minimum atomic E-state index is 0.186. The molecule has 2 heterocycles. The fourth-order valence-electron chi connectivity index (χ4n) is 1.79. The maximum absolute atomic E-state index is 6.12. The molecule has 0 fully saturated rings. The van der Waals surface area contributed by atoms with E-state index in [4.69, 9.17) is 33.5 Å². The van der Waals surface area contributed by atoms with Gasteiger partial charge in [0.05, 0.1) is 21.3 Å². The highest BCUT2D eigenvalue weighted by Gasteiger charge is 2.18. The van der Waals surface area contributed by atoms with Gasteiger partial charge in [0.2, 0.25) is 5.82 Å². The summed E-state index contributed by atoms with van der Waals surface area (Å²) >= 11 is 12.1. The molecule has 106 valence electrons. The van der Waals surface area contributed by atoms with Gasteiger partial charge in [0.25, 0.3) is 5.89 Å². The summed E-state index contributed by atoms with van der Waals surface area (Å²) in [5.41, 5.74) is 7.17. The lowest BCUT2D eigenvalue weighted by Gasteiger charge is -2.04. The fraction of sp³-hybridized carbons (Fsp3) is 0.0769. The Hall–Kier alpha value is -2.18. The summed E-state index contributed by atoms with van der Waals surface area (Å²) in [6.45, 7) is 1.77. The maximum Gasteiger partial charge on any atom is 0.261 e. The van der Waals surface area contributed by atoms with Crippen LogP contribution in [0.2, 0.25) is 10.0 Å². The Balaban J connectivity index is 2.09. The van der Waals surface area contributed by atoms with Crippen molar-refractivity contribution in [2.24, 2.45) is 0 Å². The van der Waals surface area contributed by atoms with E-state index >= 15 is 0 Å². The Labute approximate surface area is 129 Å². The van der Waals surface area contributed by atoms with Crippen molar-refractivity contribution >= 4 is 28.9 Å². The van der Waals surface area contributed by atoms with E-state index in [-0.39, 0.29) is 5.89 Å². The topological polar surface area (TPSA) is 90.7 Å². The SMILES string of the molecule is Cc1nccc(-c2noc(-c3c(Cl)ccc(Cl)c3N)n2)n1. The van der Waals surface area contributed by atoms with Gasteiger partial charge in [0.15, 0.2) is 0 Å². The summed E-state index contributed by atoms with van der Waals surface area (Å²) in [5.74, 6) is 1.12. The summed E-state index contributed by atoms with van der Waals surface area (Å²) in [7, 11) is 0. The molecule has 0 atom stereocenters. The van der Waals surface area contributed by atoms with Crippen LogP contribution in [-0.2, 0) is 0 Å². The van der Waals surface area contributed by atoms with Crippen LogP contribution in [0.15, 0.2) is 28.9 Å². The summed E-state index contributed by atoms with van der Waals surface area (Å²) in [6, 6.07) is 4.91. The minimum absolute atomic E-state index is 0.186. The number of halogens is 2. The summed E-state index contributed by atoms with van der Waals surface area (Å²) in [5, 5.41) is 4.63. The number of anilines is 1. The van der Waals surface area contributed by atoms with Gasteiger partial charge in [-0.2, -0.15) is 4.98 Å². The number of aromatic nitrogens is 4. The number of hydrogen-bond acceptors (Lipinski definition) is 6. The highest BCUT2D eigenvalue weighted by atomic mass is 35.5. The van der Waals surface area contributed by atoms with Crippen LogP contribution in [0.25, 0.3) is 23.0 Å².